The molecule has 5 nitrogen and oxygen atoms in total. The lowest BCUT2D eigenvalue weighted by atomic mass is 9.89. The Morgan fingerprint density at radius 1 is 1.09 bits per heavy atom. The number of thiophene rings is 1. The second-order valence-corrected chi connectivity index (χ2v) is 12.5. The van der Waals surface area contributed by atoms with Crippen LogP contribution in [0.3, 0.4) is 0 Å². The molecule has 0 aliphatic heterocycles. The second-order valence-electron chi connectivity index (χ2n) is 9.17. The molecule has 0 fully saturated rings. The van der Waals surface area contributed by atoms with E-state index in [1.54, 1.807) is 23.5 Å². The molecule has 0 saturated carbocycles. The number of nitrogens with one attached hydrogen (secondary N) is 1. The lowest BCUT2D eigenvalue weighted by molar-refractivity contribution is -0.140. The van der Waals surface area contributed by atoms with Gasteiger partial charge in [0.1, 0.15) is 0 Å². The maximum absolute atomic E-state index is 13.0. The summed E-state index contributed by atoms with van der Waals surface area (Å²) in [7, 11) is -2.28. The van der Waals surface area contributed by atoms with Crippen LogP contribution in [0.4, 0.5) is 0 Å². The second kappa shape index (κ2) is 12.2. The molecule has 1 unspecified atom stereocenters. The quantitative estimate of drug-likeness (QED) is 0.266. The smallest absolute Gasteiger partial charge is 0.305 e. The first kappa shape index (κ1) is 26.8. The zero-order valence-electron chi connectivity index (χ0n) is 19.3. The van der Waals surface area contributed by atoms with E-state index >= 15 is 0 Å². The third-order valence-corrected chi connectivity index (χ3v) is 8.15. The number of aryl methyl sites for hydroxylation is 1. The molecule has 32 heavy (non-hydrogen) atoms. The summed E-state index contributed by atoms with van der Waals surface area (Å²) < 4.78 is 33.6. The number of carbonyl (C=O) groups excluding carboxylic acids is 1. The molecule has 2 rings (SSSR count). The Hall–Kier alpha value is -1.41. The minimum absolute atomic E-state index is 0.205. The summed E-state index contributed by atoms with van der Waals surface area (Å²) >= 11 is 7.52. The molecule has 1 atom stereocenters. The first-order valence-electron chi connectivity index (χ1n) is 10.9. The van der Waals surface area contributed by atoms with Gasteiger partial charge in [-0.15, -0.1) is 11.3 Å². The Labute approximate surface area is 201 Å². The molecule has 2 aromatic rings. The van der Waals surface area contributed by atoms with Crippen LogP contribution < -0.4 is 4.72 Å². The first-order chi connectivity index (χ1) is 15.0. The van der Waals surface area contributed by atoms with Gasteiger partial charge in [-0.2, -0.15) is 0 Å². The largest absolute Gasteiger partial charge is 0.469 e. The SMILES string of the molecule is COC(=O)CCCc1ccc(C(CCCCC(C)(C)C)NS(=O)(=O)c2ccc(Cl)cc2)s1. The molecule has 8 heteroatoms. The summed E-state index contributed by atoms with van der Waals surface area (Å²) in [6.45, 7) is 6.65. The van der Waals surface area contributed by atoms with Crippen LogP contribution in [0.5, 0.6) is 0 Å². The van der Waals surface area contributed by atoms with Crippen molar-refractivity contribution in [1.82, 2.24) is 4.72 Å². The van der Waals surface area contributed by atoms with Gasteiger partial charge in [0, 0.05) is 21.2 Å². The molecule has 0 bridgehead atoms. The number of hydrogen-bond acceptors (Lipinski definition) is 5. The molecule has 1 aromatic carbocycles. The Morgan fingerprint density at radius 3 is 2.41 bits per heavy atom. The molecule has 1 N–H and O–H groups in total. The fourth-order valence-corrected chi connectivity index (χ4v) is 5.95. The van der Waals surface area contributed by atoms with E-state index in [-0.39, 0.29) is 22.3 Å². The number of unbranched alkanes of at least 4 members (excludes halogenated alkanes) is 1. The number of halogens is 1. The number of methoxy groups -OCH3 is 1. The third-order valence-electron chi connectivity index (χ3n) is 5.15. The first-order valence-corrected chi connectivity index (χ1v) is 13.6. The molecule has 0 aliphatic carbocycles. The van der Waals surface area contributed by atoms with Crippen molar-refractivity contribution in [2.75, 3.05) is 7.11 Å². The van der Waals surface area contributed by atoms with Crippen molar-refractivity contribution >= 4 is 38.9 Å². The Morgan fingerprint density at radius 2 is 1.78 bits per heavy atom. The molecule has 0 aliphatic rings. The van der Waals surface area contributed by atoms with Crippen molar-refractivity contribution in [3.63, 3.8) is 0 Å². The van der Waals surface area contributed by atoms with Crippen LogP contribution in [0.25, 0.3) is 0 Å². The number of sulfonamides is 1. The number of hydrogen-bond donors (Lipinski definition) is 1. The van der Waals surface area contributed by atoms with E-state index in [1.807, 2.05) is 12.1 Å². The minimum Gasteiger partial charge on any atom is -0.469 e. The number of rotatable bonds is 12. The molecule has 1 heterocycles. The molecule has 0 saturated heterocycles. The maximum atomic E-state index is 13.0. The van der Waals surface area contributed by atoms with Crippen LogP contribution in [-0.4, -0.2) is 21.5 Å². The van der Waals surface area contributed by atoms with E-state index in [0.717, 1.165) is 41.9 Å². The molecule has 0 spiro atoms. The van der Waals surface area contributed by atoms with E-state index in [1.165, 1.54) is 19.2 Å². The maximum Gasteiger partial charge on any atom is 0.305 e. The molecule has 178 valence electrons. The molecule has 0 radical (unpaired) electrons. The average molecular weight is 500 g/mol. The summed E-state index contributed by atoms with van der Waals surface area (Å²) in [6.07, 6.45) is 5.64. The zero-order chi connectivity index (χ0) is 23.8. The average Bonchev–Trinajstić information content (AvgIpc) is 3.18. The highest BCUT2D eigenvalue weighted by molar-refractivity contribution is 7.89. The lowest BCUT2D eigenvalue weighted by Gasteiger charge is -2.20. The number of ether oxygens (including phenoxy) is 1. The van der Waals surface area contributed by atoms with Gasteiger partial charge in [-0.1, -0.05) is 45.2 Å². The van der Waals surface area contributed by atoms with Crippen molar-refractivity contribution < 1.29 is 17.9 Å². The van der Waals surface area contributed by atoms with Gasteiger partial charge >= 0.3 is 5.97 Å². The van der Waals surface area contributed by atoms with Gasteiger partial charge in [0.25, 0.3) is 0 Å². The Balaban J connectivity index is 2.11. The minimum atomic E-state index is -3.68. The highest BCUT2D eigenvalue weighted by Gasteiger charge is 2.23. The van der Waals surface area contributed by atoms with Gasteiger partial charge in [0.2, 0.25) is 10.0 Å². The lowest BCUT2D eigenvalue weighted by Crippen LogP contribution is -2.28. The van der Waals surface area contributed by atoms with Crippen LogP contribution in [0.15, 0.2) is 41.3 Å². The Kier molecular flexibility index (Phi) is 10.2. The molecule has 0 amide bonds. The van der Waals surface area contributed by atoms with Crippen molar-refractivity contribution in [2.24, 2.45) is 5.41 Å². The summed E-state index contributed by atoms with van der Waals surface area (Å²) in [5.74, 6) is -0.214. The van der Waals surface area contributed by atoms with Crippen LogP contribution in [0.1, 0.15) is 75.1 Å². The molecular formula is C24H34ClNO4S2. The number of carbonyl (C=O) groups is 1. The summed E-state index contributed by atoms with van der Waals surface area (Å²) in [4.78, 5) is 13.7. The predicted octanol–water partition coefficient (Wildman–Crippen LogP) is 6.52. The monoisotopic (exact) mass is 499 g/mol. The van der Waals surface area contributed by atoms with Gasteiger partial charge in [-0.05, 0) is 67.5 Å². The van der Waals surface area contributed by atoms with E-state index < -0.39 is 10.0 Å². The van der Waals surface area contributed by atoms with E-state index in [2.05, 4.69) is 25.5 Å². The van der Waals surface area contributed by atoms with Gasteiger partial charge in [-0.3, -0.25) is 4.79 Å². The number of benzene rings is 1. The van der Waals surface area contributed by atoms with Crippen molar-refractivity contribution in [1.29, 1.82) is 0 Å². The predicted molar refractivity (Wildman–Crippen MR) is 132 cm³/mol. The fraction of sp³-hybridized carbons (Fsp3) is 0.542. The van der Waals surface area contributed by atoms with Crippen molar-refractivity contribution in [3.8, 4) is 0 Å². The van der Waals surface area contributed by atoms with Crippen LogP contribution in [0, 0.1) is 5.41 Å². The topological polar surface area (TPSA) is 72.5 Å². The molecule has 1 aromatic heterocycles. The normalized spacial score (nSPS) is 13.2. The highest BCUT2D eigenvalue weighted by atomic mass is 35.5. The van der Waals surface area contributed by atoms with Crippen LogP contribution in [-0.2, 0) is 26.0 Å². The Bertz CT molecular complexity index is 963. The zero-order valence-corrected chi connectivity index (χ0v) is 21.7. The number of esters is 1. The molecular weight excluding hydrogens is 466 g/mol. The van der Waals surface area contributed by atoms with Gasteiger partial charge < -0.3 is 4.74 Å². The third kappa shape index (κ3) is 9.22. The van der Waals surface area contributed by atoms with E-state index in [9.17, 15) is 13.2 Å². The highest BCUT2D eigenvalue weighted by Crippen LogP contribution is 2.31. The van der Waals surface area contributed by atoms with Crippen molar-refractivity contribution in [2.45, 2.75) is 76.7 Å². The fourth-order valence-electron chi connectivity index (χ4n) is 3.36. The standard InChI is InChI=1S/C24H34ClNO4S2/c1-24(2,3)17-6-5-9-21(26-32(28,29)20-14-11-18(25)12-15-20)22-16-13-19(31-22)8-7-10-23(27)30-4/h11-16,21,26H,5-10,17H2,1-4H3. The van der Waals surface area contributed by atoms with Gasteiger partial charge in [0.05, 0.1) is 18.0 Å². The summed E-state index contributed by atoms with van der Waals surface area (Å²) in [5.41, 5.74) is 0.258. The van der Waals surface area contributed by atoms with E-state index in [0.29, 0.717) is 17.9 Å². The van der Waals surface area contributed by atoms with Crippen LogP contribution >= 0.6 is 22.9 Å². The van der Waals surface area contributed by atoms with Crippen LogP contribution in [0.2, 0.25) is 5.02 Å². The van der Waals surface area contributed by atoms with Crippen molar-refractivity contribution in [3.05, 3.63) is 51.2 Å². The summed E-state index contributed by atoms with van der Waals surface area (Å²) in [5, 5.41) is 0.498. The van der Waals surface area contributed by atoms with Gasteiger partial charge in [0.15, 0.2) is 0 Å². The van der Waals surface area contributed by atoms with E-state index in [4.69, 9.17) is 16.3 Å². The summed E-state index contributed by atoms with van der Waals surface area (Å²) in [6, 6.07) is 9.93. The van der Waals surface area contributed by atoms with Gasteiger partial charge in [-0.25, -0.2) is 13.1 Å².